The summed E-state index contributed by atoms with van der Waals surface area (Å²) in [6.45, 7) is 7.29. The van der Waals surface area contributed by atoms with Crippen LogP contribution in [0.2, 0.25) is 0 Å². The third-order valence-electron chi connectivity index (χ3n) is 5.79. The van der Waals surface area contributed by atoms with Crippen LogP contribution in [0.3, 0.4) is 0 Å². The summed E-state index contributed by atoms with van der Waals surface area (Å²) < 4.78 is 32.8. The molecule has 1 amide bonds. The molecule has 0 saturated carbocycles. The molecule has 2 N–H and O–H groups in total. The predicted molar refractivity (Wildman–Crippen MR) is 108 cm³/mol. The minimum Gasteiger partial charge on any atom is -0.379 e. The zero-order chi connectivity index (χ0) is 20.1. The molecule has 0 spiro atoms. The molecule has 1 aromatic rings. The molecule has 0 bridgehead atoms. The van der Waals surface area contributed by atoms with E-state index in [4.69, 9.17) is 4.74 Å². The van der Waals surface area contributed by atoms with Crippen molar-refractivity contribution in [3.05, 3.63) is 23.8 Å². The van der Waals surface area contributed by atoms with Gasteiger partial charge in [-0.1, -0.05) is 6.07 Å². The molecule has 0 aromatic heterocycles. The van der Waals surface area contributed by atoms with E-state index in [1.165, 1.54) is 22.0 Å². The zero-order valence-electron chi connectivity index (χ0n) is 16.9. The fourth-order valence-electron chi connectivity index (χ4n) is 3.93. The number of nitrogens with zero attached hydrogens (tertiary/aromatic N) is 1. The van der Waals surface area contributed by atoms with E-state index in [1.54, 1.807) is 25.1 Å². The van der Waals surface area contributed by atoms with Gasteiger partial charge in [0.15, 0.2) is 6.04 Å². The summed E-state index contributed by atoms with van der Waals surface area (Å²) in [6.07, 6.45) is 4.77. The topological polar surface area (TPSA) is 80.2 Å². The number of carbonyl (C=O) groups is 1. The largest absolute Gasteiger partial charge is 0.379 e. The maximum absolute atomic E-state index is 13.0. The average Bonchev–Trinajstić information content (AvgIpc) is 2.99. The van der Waals surface area contributed by atoms with Crippen molar-refractivity contribution in [1.82, 2.24) is 4.31 Å². The van der Waals surface area contributed by atoms with Crippen LogP contribution >= 0.6 is 0 Å². The summed E-state index contributed by atoms with van der Waals surface area (Å²) in [7, 11) is -3.60. The van der Waals surface area contributed by atoms with Gasteiger partial charge in [0.1, 0.15) is 0 Å². The number of quaternary nitrogens is 1. The van der Waals surface area contributed by atoms with E-state index >= 15 is 0 Å². The first-order valence-electron chi connectivity index (χ1n) is 10.2. The Balaban J connectivity index is 1.74. The predicted octanol–water partition coefficient (Wildman–Crippen LogP) is 0.802. The second-order valence-electron chi connectivity index (χ2n) is 7.78. The van der Waals surface area contributed by atoms with E-state index in [0.29, 0.717) is 37.6 Å². The number of morpholine rings is 1. The van der Waals surface area contributed by atoms with Crippen molar-refractivity contribution >= 4 is 21.6 Å². The van der Waals surface area contributed by atoms with E-state index in [-0.39, 0.29) is 16.8 Å². The third-order valence-corrected chi connectivity index (χ3v) is 7.84. The number of anilines is 1. The fourth-order valence-corrected chi connectivity index (χ4v) is 5.59. The van der Waals surface area contributed by atoms with Gasteiger partial charge in [0.05, 0.1) is 31.2 Å². The van der Waals surface area contributed by atoms with Crippen molar-refractivity contribution in [2.24, 2.45) is 0 Å². The number of carbonyl (C=O) groups excluding carboxylic acids is 1. The molecule has 28 heavy (non-hydrogen) atoms. The third kappa shape index (κ3) is 4.92. The van der Waals surface area contributed by atoms with Gasteiger partial charge in [-0.25, -0.2) is 8.42 Å². The summed E-state index contributed by atoms with van der Waals surface area (Å²) in [6, 6.07) is 4.96. The number of ether oxygens (including phenoxy) is 1. The number of nitrogens with one attached hydrogen (secondary N) is 2. The molecule has 1 aromatic carbocycles. The molecule has 1 atom stereocenters. The molecule has 156 valence electrons. The van der Waals surface area contributed by atoms with Gasteiger partial charge in [-0.05, 0) is 57.2 Å². The molecule has 7 nitrogen and oxygen atoms in total. The molecular formula is C20H32N3O4S+. The molecule has 2 heterocycles. The second-order valence-corrected chi connectivity index (χ2v) is 9.69. The standard InChI is InChI=1S/C20H31N3O4S/c1-16-7-8-18(15-19(16)28(25,26)23-11-13-27-14-12-23)21-20(24)17(2)22-9-5-3-4-6-10-22/h7-8,15,17H,3-6,9-14H2,1-2H3,(H,21,24)/p+1/t17-/m1/s1. The Morgan fingerprint density at radius 1 is 1.14 bits per heavy atom. The molecular weight excluding hydrogens is 378 g/mol. The monoisotopic (exact) mass is 410 g/mol. The van der Waals surface area contributed by atoms with Gasteiger partial charge in [0, 0.05) is 18.8 Å². The second kappa shape index (κ2) is 9.35. The lowest BCUT2D eigenvalue weighted by molar-refractivity contribution is -0.913. The van der Waals surface area contributed by atoms with Crippen LogP contribution in [0.1, 0.15) is 38.2 Å². The lowest BCUT2D eigenvalue weighted by Gasteiger charge is -2.27. The maximum Gasteiger partial charge on any atom is 0.282 e. The quantitative estimate of drug-likeness (QED) is 0.753. The van der Waals surface area contributed by atoms with Crippen molar-refractivity contribution in [3.8, 4) is 0 Å². The number of sulfonamides is 1. The van der Waals surface area contributed by atoms with Crippen molar-refractivity contribution in [3.63, 3.8) is 0 Å². The number of rotatable bonds is 5. The Morgan fingerprint density at radius 3 is 2.43 bits per heavy atom. The van der Waals surface area contributed by atoms with Gasteiger partial charge in [-0.15, -0.1) is 0 Å². The summed E-state index contributed by atoms with van der Waals surface area (Å²) >= 11 is 0. The Kier molecular flexibility index (Phi) is 7.09. The highest BCUT2D eigenvalue weighted by Crippen LogP contribution is 2.24. The van der Waals surface area contributed by atoms with Crippen LogP contribution in [0.25, 0.3) is 0 Å². The minimum absolute atomic E-state index is 0.0597. The van der Waals surface area contributed by atoms with Gasteiger partial charge in [0.25, 0.3) is 5.91 Å². The highest BCUT2D eigenvalue weighted by molar-refractivity contribution is 7.89. The van der Waals surface area contributed by atoms with Gasteiger partial charge >= 0.3 is 0 Å². The molecule has 2 fully saturated rings. The van der Waals surface area contributed by atoms with Crippen LogP contribution in [-0.4, -0.2) is 64.1 Å². The zero-order valence-corrected chi connectivity index (χ0v) is 17.7. The minimum atomic E-state index is -3.60. The van der Waals surface area contributed by atoms with Crippen LogP contribution in [0.5, 0.6) is 0 Å². The van der Waals surface area contributed by atoms with Gasteiger partial charge < -0.3 is 15.0 Å². The Hall–Kier alpha value is -1.48. The van der Waals surface area contributed by atoms with Crippen LogP contribution < -0.4 is 10.2 Å². The van der Waals surface area contributed by atoms with Crippen LogP contribution in [0, 0.1) is 6.92 Å². The van der Waals surface area contributed by atoms with E-state index in [0.717, 1.165) is 25.9 Å². The maximum atomic E-state index is 13.0. The fraction of sp³-hybridized carbons (Fsp3) is 0.650. The number of benzene rings is 1. The van der Waals surface area contributed by atoms with Gasteiger partial charge in [-0.3, -0.25) is 4.79 Å². The normalized spacial score (nSPS) is 21.1. The summed E-state index contributed by atoms with van der Waals surface area (Å²) in [4.78, 5) is 14.3. The highest BCUT2D eigenvalue weighted by atomic mass is 32.2. The Morgan fingerprint density at radius 2 is 1.79 bits per heavy atom. The van der Waals surface area contributed by atoms with E-state index in [9.17, 15) is 13.2 Å². The number of amides is 1. The highest BCUT2D eigenvalue weighted by Gasteiger charge is 2.29. The smallest absolute Gasteiger partial charge is 0.282 e. The van der Waals surface area contributed by atoms with Crippen molar-refractivity contribution in [1.29, 1.82) is 0 Å². The summed E-state index contributed by atoms with van der Waals surface area (Å²) in [5, 5.41) is 2.93. The van der Waals surface area contributed by atoms with Crippen molar-refractivity contribution < 1.29 is 22.8 Å². The first-order valence-corrected chi connectivity index (χ1v) is 11.7. The Bertz CT molecular complexity index is 783. The lowest BCUT2D eigenvalue weighted by atomic mass is 10.2. The molecule has 0 unspecified atom stereocenters. The Labute approximate surface area is 168 Å². The molecule has 0 radical (unpaired) electrons. The van der Waals surface area contributed by atoms with Crippen molar-refractivity contribution in [2.45, 2.75) is 50.5 Å². The first-order chi connectivity index (χ1) is 13.4. The summed E-state index contributed by atoms with van der Waals surface area (Å²) in [5.41, 5.74) is 1.21. The molecule has 8 heteroatoms. The summed E-state index contributed by atoms with van der Waals surface area (Å²) in [5.74, 6) is -0.0597. The van der Waals surface area contributed by atoms with E-state index in [2.05, 4.69) is 5.32 Å². The number of hydrogen-bond donors (Lipinski definition) is 2. The lowest BCUT2D eigenvalue weighted by Crippen LogP contribution is -3.16. The SMILES string of the molecule is Cc1ccc(NC(=O)[C@@H](C)[NH+]2CCCCCC2)cc1S(=O)(=O)N1CCOCC1. The molecule has 0 aliphatic carbocycles. The number of likely N-dealkylation sites (tertiary alicyclic amines) is 1. The molecule has 2 saturated heterocycles. The van der Waals surface area contributed by atoms with Crippen LogP contribution in [0.15, 0.2) is 23.1 Å². The average molecular weight is 411 g/mol. The number of aryl methyl sites for hydroxylation is 1. The van der Waals surface area contributed by atoms with E-state index in [1.807, 2.05) is 6.92 Å². The van der Waals surface area contributed by atoms with Crippen LogP contribution in [-0.2, 0) is 19.6 Å². The van der Waals surface area contributed by atoms with Crippen LogP contribution in [0.4, 0.5) is 5.69 Å². The van der Waals surface area contributed by atoms with E-state index < -0.39 is 10.0 Å². The number of hydrogen-bond acceptors (Lipinski definition) is 4. The molecule has 3 rings (SSSR count). The molecule has 2 aliphatic rings. The van der Waals surface area contributed by atoms with Gasteiger partial charge in [0.2, 0.25) is 10.0 Å². The van der Waals surface area contributed by atoms with Gasteiger partial charge in [-0.2, -0.15) is 4.31 Å². The van der Waals surface area contributed by atoms with Crippen molar-refractivity contribution in [2.75, 3.05) is 44.7 Å². The molecule has 2 aliphatic heterocycles. The first kappa shape index (κ1) is 21.2.